The van der Waals surface area contributed by atoms with Crippen LogP contribution in [0.1, 0.15) is 48.9 Å². The predicted molar refractivity (Wildman–Crippen MR) is 68.4 cm³/mol. The van der Waals surface area contributed by atoms with Gasteiger partial charge in [0.05, 0.1) is 12.1 Å². The molecule has 0 aliphatic heterocycles. The quantitative estimate of drug-likeness (QED) is 0.896. The molecule has 0 spiro atoms. The number of likely N-dealkylation sites (N-methyl/N-ethyl adjacent to an activating group) is 1. The summed E-state index contributed by atoms with van der Waals surface area (Å²) in [4.78, 5) is 13.9. The molecule has 1 N–H and O–H groups in total. The van der Waals surface area contributed by atoms with Gasteiger partial charge in [-0.05, 0) is 25.0 Å². The number of aliphatic hydroxyl groups is 1. The molecule has 1 aromatic rings. The zero-order valence-corrected chi connectivity index (χ0v) is 11.1. The number of aliphatic hydroxyl groups excluding tert-OH is 1. The van der Waals surface area contributed by atoms with Crippen molar-refractivity contribution in [3.05, 3.63) is 23.7 Å². The molecule has 1 aliphatic rings. The lowest BCUT2D eigenvalue weighted by atomic mass is 9.91. The molecule has 0 saturated heterocycles. The van der Waals surface area contributed by atoms with E-state index in [0.29, 0.717) is 5.76 Å². The Bertz CT molecular complexity index is 413. The third kappa shape index (κ3) is 2.58. The maximum atomic E-state index is 12.2. The number of amides is 1. The summed E-state index contributed by atoms with van der Waals surface area (Å²) in [6.45, 7) is 1.99. The Kier molecular flexibility index (Phi) is 4.07. The van der Waals surface area contributed by atoms with Crippen molar-refractivity contribution in [1.29, 1.82) is 0 Å². The molecular weight excluding hydrogens is 230 g/mol. The summed E-state index contributed by atoms with van der Waals surface area (Å²) in [6.07, 6.45) is 4.13. The number of rotatable bonds is 3. The van der Waals surface area contributed by atoms with Gasteiger partial charge in [-0.15, -0.1) is 0 Å². The number of carbonyl (C=O) groups excluding carboxylic acids is 1. The van der Waals surface area contributed by atoms with Crippen molar-refractivity contribution >= 4 is 5.91 Å². The highest BCUT2D eigenvalue weighted by Gasteiger charge is 2.30. The number of furan rings is 1. The average Bonchev–Trinajstić information content (AvgIpc) is 2.86. The molecule has 1 fully saturated rings. The highest BCUT2D eigenvalue weighted by Crippen LogP contribution is 2.24. The van der Waals surface area contributed by atoms with Gasteiger partial charge in [-0.1, -0.05) is 19.8 Å². The third-order valence-corrected chi connectivity index (χ3v) is 3.73. The van der Waals surface area contributed by atoms with Crippen molar-refractivity contribution in [1.82, 2.24) is 4.90 Å². The van der Waals surface area contributed by atoms with E-state index in [-0.39, 0.29) is 11.9 Å². The van der Waals surface area contributed by atoms with Gasteiger partial charge < -0.3 is 14.4 Å². The van der Waals surface area contributed by atoms with E-state index in [2.05, 4.69) is 0 Å². The van der Waals surface area contributed by atoms with Crippen molar-refractivity contribution in [2.75, 3.05) is 7.05 Å². The highest BCUT2D eigenvalue weighted by atomic mass is 16.4. The molecule has 1 saturated carbocycles. The first kappa shape index (κ1) is 13.1. The van der Waals surface area contributed by atoms with Crippen LogP contribution in [0.15, 0.2) is 16.5 Å². The van der Waals surface area contributed by atoms with Crippen LogP contribution in [0.5, 0.6) is 0 Å². The second kappa shape index (κ2) is 5.57. The summed E-state index contributed by atoms with van der Waals surface area (Å²) in [5.41, 5.74) is 0. The van der Waals surface area contributed by atoms with Crippen LogP contribution in [0.3, 0.4) is 0 Å². The summed E-state index contributed by atoms with van der Waals surface area (Å²) < 4.78 is 5.47. The Morgan fingerprint density at radius 1 is 1.44 bits per heavy atom. The van der Waals surface area contributed by atoms with E-state index < -0.39 is 6.10 Å². The van der Waals surface area contributed by atoms with Crippen molar-refractivity contribution < 1.29 is 14.3 Å². The van der Waals surface area contributed by atoms with E-state index in [9.17, 15) is 9.90 Å². The maximum absolute atomic E-state index is 12.2. The van der Waals surface area contributed by atoms with E-state index in [0.717, 1.165) is 37.9 Å². The molecule has 2 atom stereocenters. The molecule has 4 heteroatoms. The molecule has 0 radical (unpaired) electrons. The monoisotopic (exact) mass is 251 g/mol. The van der Waals surface area contributed by atoms with Crippen LogP contribution in [0.2, 0.25) is 0 Å². The maximum Gasteiger partial charge on any atom is 0.289 e. The Balaban J connectivity index is 2.07. The lowest BCUT2D eigenvalue weighted by Gasteiger charge is -2.34. The fourth-order valence-corrected chi connectivity index (χ4v) is 2.55. The minimum atomic E-state index is -0.409. The molecule has 18 heavy (non-hydrogen) atoms. The highest BCUT2D eigenvalue weighted by molar-refractivity contribution is 5.91. The number of carbonyl (C=O) groups is 1. The van der Waals surface area contributed by atoms with Crippen molar-refractivity contribution in [3.63, 3.8) is 0 Å². The summed E-state index contributed by atoms with van der Waals surface area (Å²) in [6, 6.07) is 3.46. The van der Waals surface area contributed by atoms with Gasteiger partial charge in [0.25, 0.3) is 5.91 Å². The molecule has 1 aromatic heterocycles. The molecule has 2 unspecified atom stereocenters. The van der Waals surface area contributed by atoms with Crippen molar-refractivity contribution in [3.8, 4) is 0 Å². The van der Waals surface area contributed by atoms with Gasteiger partial charge in [-0.3, -0.25) is 4.79 Å². The fourth-order valence-electron chi connectivity index (χ4n) is 2.55. The molecule has 100 valence electrons. The summed E-state index contributed by atoms with van der Waals surface area (Å²) >= 11 is 0. The fraction of sp³-hybridized carbons (Fsp3) is 0.643. The van der Waals surface area contributed by atoms with Gasteiger partial charge in [0.15, 0.2) is 5.76 Å². The van der Waals surface area contributed by atoms with Gasteiger partial charge >= 0.3 is 0 Å². The first-order valence-corrected chi connectivity index (χ1v) is 6.67. The Labute approximate surface area is 108 Å². The zero-order chi connectivity index (χ0) is 13.1. The molecule has 2 rings (SSSR count). The standard InChI is InChI=1S/C14H21NO3/c1-3-10-8-9-13(18-10)14(17)15(2)11-6-4-5-7-12(11)16/h8-9,11-12,16H,3-7H2,1-2H3. The first-order valence-electron chi connectivity index (χ1n) is 6.67. The van der Waals surface area contributed by atoms with Gasteiger partial charge in [-0.2, -0.15) is 0 Å². The molecule has 4 nitrogen and oxygen atoms in total. The van der Waals surface area contributed by atoms with Gasteiger partial charge in [0.1, 0.15) is 5.76 Å². The van der Waals surface area contributed by atoms with Gasteiger partial charge in [0.2, 0.25) is 0 Å². The zero-order valence-electron chi connectivity index (χ0n) is 11.1. The van der Waals surface area contributed by atoms with Crippen LogP contribution in [-0.4, -0.2) is 35.1 Å². The molecule has 1 amide bonds. The first-order chi connectivity index (χ1) is 8.63. The summed E-state index contributed by atoms with van der Waals surface area (Å²) in [5, 5.41) is 9.96. The third-order valence-electron chi connectivity index (χ3n) is 3.73. The van der Waals surface area contributed by atoms with E-state index in [4.69, 9.17) is 4.42 Å². The van der Waals surface area contributed by atoms with Crippen molar-refractivity contribution in [2.45, 2.75) is 51.2 Å². The second-order valence-electron chi connectivity index (χ2n) is 4.95. The van der Waals surface area contributed by atoms with Crippen molar-refractivity contribution in [2.24, 2.45) is 0 Å². The predicted octanol–water partition coefficient (Wildman–Crippen LogP) is 2.22. The van der Waals surface area contributed by atoms with Gasteiger partial charge in [-0.25, -0.2) is 0 Å². The summed E-state index contributed by atoms with van der Waals surface area (Å²) in [5.74, 6) is 1.05. The van der Waals surface area contributed by atoms with Crippen LogP contribution in [0.25, 0.3) is 0 Å². The molecule has 0 bridgehead atoms. The molecule has 1 aliphatic carbocycles. The van der Waals surface area contributed by atoms with Crippen LogP contribution in [0.4, 0.5) is 0 Å². The number of nitrogens with zero attached hydrogens (tertiary/aromatic N) is 1. The summed E-state index contributed by atoms with van der Waals surface area (Å²) in [7, 11) is 1.75. The smallest absolute Gasteiger partial charge is 0.289 e. The topological polar surface area (TPSA) is 53.7 Å². The van der Waals surface area contributed by atoms with E-state index in [1.807, 2.05) is 13.0 Å². The number of aryl methyl sites for hydroxylation is 1. The molecule has 1 heterocycles. The Morgan fingerprint density at radius 2 is 2.17 bits per heavy atom. The van der Waals surface area contributed by atoms with E-state index in [1.54, 1.807) is 18.0 Å². The van der Waals surface area contributed by atoms with Crippen LogP contribution in [-0.2, 0) is 6.42 Å². The molecule has 0 aromatic carbocycles. The SMILES string of the molecule is CCc1ccc(C(=O)N(C)C2CCCCC2O)o1. The average molecular weight is 251 g/mol. The molecular formula is C14H21NO3. The number of hydrogen-bond donors (Lipinski definition) is 1. The Hall–Kier alpha value is -1.29. The van der Waals surface area contributed by atoms with Crippen LogP contribution in [0, 0.1) is 0 Å². The minimum absolute atomic E-state index is 0.0820. The largest absolute Gasteiger partial charge is 0.456 e. The lowest BCUT2D eigenvalue weighted by molar-refractivity contribution is 0.0249. The second-order valence-corrected chi connectivity index (χ2v) is 4.95. The normalized spacial score (nSPS) is 23.9. The van der Waals surface area contributed by atoms with Crippen LogP contribution >= 0.6 is 0 Å². The van der Waals surface area contributed by atoms with Crippen LogP contribution < -0.4 is 0 Å². The number of hydrogen-bond acceptors (Lipinski definition) is 3. The lowest BCUT2D eigenvalue weighted by Crippen LogP contribution is -2.46. The van der Waals surface area contributed by atoms with E-state index >= 15 is 0 Å². The van der Waals surface area contributed by atoms with E-state index in [1.165, 1.54) is 0 Å². The minimum Gasteiger partial charge on any atom is -0.456 e. The Morgan fingerprint density at radius 3 is 2.78 bits per heavy atom. The van der Waals surface area contributed by atoms with Gasteiger partial charge in [0, 0.05) is 13.5 Å².